The molecule has 0 aliphatic heterocycles. The lowest BCUT2D eigenvalue weighted by Crippen LogP contribution is -2.14. The predicted molar refractivity (Wildman–Crippen MR) is 131 cm³/mol. The maximum Gasteiger partial charge on any atom is 0.339 e. The highest BCUT2D eigenvalue weighted by Gasteiger charge is 2.21. The molecule has 0 saturated carbocycles. The molecule has 0 saturated heterocycles. The van der Waals surface area contributed by atoms with Crippen LogP contribution in [0.25, 0.3) is 6.08 Å². The maximum absolute atomic E-state index is 12.7. The van der Waals surface area contributed by atoms with Crippen LogP contribution >= 0.6 is 31.9 Å². The van der Waals surface area contributed by atoms with E-state index >= 15 is 0 Å². The molecule has 12 heteroatoms. The molecule has 3 aromatic rings. The Balaban J connectivity index is 1.94. The SMILES string of the molecule is N#C/C(=C\c1cc(Br)ccc1OS(=O)(=O)c1ccc([N+](=O)[O-])cc1)C(=O)Nc1ccccc1Br. The van der Waals surface area contributed by atoms with Crippen LogP contribution in [0.3, 0.4) is 0 Å². The number of halogens is 2. The number of carbonyl (C=O) groups is 1. The smallest absolute Gasteiger partial charge is 0.339 e. The fourth-order valence-corrected chi connectivity index (χ4v) is 4.38. The van der Waals surface area contributed by atoms with Crippen LogP contribution in [-0.4, -0.2) is 19.2 Å². The molecule has 3 rings (SSSR count). The van der Waals surface area contributed by atoms with E-state index in [9.17, 15) is 28.6 Å². The highest BCUT2D eigenvalue weighted by Crippen LogP contribution is 2.29. The molecule has 0 spiro atoms. The molecule has 0 aliphatic carbocycles. The number of nitrogens with one attached hydrogen (secondary N) is 1. The molecule has 0 fully saturated rings. The summed E-state index contributed by atoms with van der Waals surface area (Å²) in [4.78, 5) is 22.5. The normalized spacial score (nSPS) is 11.4. The fourth-order valence-electron chi connectivity index (χ4n) is 2.67. The zero-order chi connectivity index (χ0) is 24.9. The predicted octanol–water partition coefficient (Wildman–Crippen LogP) is 5.43. The number of amides is 1. The lowest BCUT2D eigenvalue weighted by Gasteiger charge is -2.11. The Bertz CT molecular complexity index is 1450. The third kappa shape index (κ3) is 6.07. The lowest BCUT2D eigenvalue weighted by atomic mass is 10.1. The summed E-state index contributed by atoms with van der Waals surface area (Å²) in [6.07, 6.45) is 1.19. The van der Waals surface area contributed by atoms with Gasteiger partial charge in [0.05, 0.1) is 10.6 Å². The largest absolute Gasteiger partial charge is 0.378 e. The van der Waals surface area contributed by atoms with Gasteiger partial charge >= 0.3 is 10.1 Å². The topological polar surface area (TPSA) is 139 Å². The number of hydrogen-bond acceptors (Lipinski definition) is 7. The summed E-state index contributed by atoms with van der Waals surface area (Å²) >= 11 is 6.57. The van der Waals surface area contributed by atoms with Crippen LogP contribution in [0.5, 0.6) is 5.75 Å². The van der Waals surface area contributed by atoms with Crippen molar-refractivity contribution in [2.24, 2.45) is 0 Å². The minimum absolute atomic E-state index is 0.138. The molecule has 1 N–H and O–H groups in total. The lowest BCUT2D eigenvalue weighted by molar-refractivity contribution is -0.384. The minimum Gasteiger partial charge on any atom is -0.378 e. The van der Waals surface area contributed by atoms with Gasteiger partial charge in [0.2, 0.25) is 0 Å². The summed E-state index contributed by atoms with van der Waals surface area (Å²) in [6.45, 7) is 0. The number of rotatable bonds is 7. The van der Waals surface area contributed by atoms with E-state index in [0.29, 0.717) is 14.6 Å². The van der Waals surface area contributed by atoms with Gasteiger partial charge in [-0.1, -0.05) is 28.1 Å². The number of anilines is 1. The van der Waals surface area contributed by atoms with E-state index in [2.05, 4.69) is 37.2 Å². The van der Waals surface area contributed by atoms with E-state index in [4.69, 9.17) is 4.18 Å². The molecule has 0 unspecified atom stereocenters. The van der Waals surface area contributed by atoms with Gasteiger partial charge in [-0.2, -0.15) is 13.7 Å². The van der Waals surface area contributed by atoms with Crippen LogP contribution in [0, 0.1) is 21.4 Å². The first-order valence-corrected chi connectivity index (χ1v) is 12.3. The van der Waals surface area contributed by atoms with Crippen LogP contribution < -0.4 is 9.50 Å². The second-order valence-corrected chi connectivity index (χ2v) is 9.89. The van der Waals surface area contributed by atoms with Crippen molar-refractivity contribution in [1.29, 1.82) is 5.26 Å². The molecule has 0 radical (unpaired) electrons. The Morgan fingerprint density at radius 2 is 1.76 bits per heavy atom. The van der Waals surface area contributed by atoms with Crippen LogP contribution in [0.15, 0.2) is 86.1 Å². The van der Waals surface area contributed by atoms with Crippen molar-refractivity contribution in [3.63, 3.8) is 0 Å². The molecule has 0 bridgehead atoms. The van der Waals surface area contributed by atoms with Crippen molar-refractivity contribution < 1.29 is 22.3 Å². The minimum atomic E-state index is -4.36. The van der Waals surface area contributed by atoms with Gasteiger partial charge in [0.1, 0.15) is 22.3 Å². The second kappa shape index (κ2) is 10.6. The Morgan fingerprint density at radius 1 is 1.09 bits per heavy atom. The Labute approximate surface area is 211 Å². The van der Waals surface area contributed by atoms with E-state index in [0.717, 1.165) is 24.3 Å². The summed E-state index contributed by atoms with van der Waals surface area (Å²) < 4.78 is 31.8. The zero-order valence-corrected chi connectivity index (χ0v) is 20.9. The van der Waals surface area contributed by atoms with Crippen molar-refractivity contribution in [3.8, 4) is 11.8 Å². The summed E-state index contributed by atoms with van der Waals surface area (Å²) in [7, 11) is -4.36. The van der Waals surface area contributed by atoms with E-state index < -0.39 is 20.9 Å². The first-order valence-electron chi connectivity index (χ1n) is 9.27. The molecule has 9 nitrogen and oxygen atoms in total. The quantitative estimate of drug-likeness (QED) is 0.124. The van der Waals surface area contributed by atoms with Crippen LogP contribution in [0.2, 0.25) is 0 Å². The van der Waals surface area contributed by atoms with E-state index in [1.165, 1.54) is 24.3 Å². The number of para-hydroxylation sites is 1. The number of non-ortho nitro benzene ring substituents is 1. The molecule has 0 aliphatic rings. The van der Waals surface area contributed by atoms with Crippen molar-refractivity contribution >= 4 is 65.3 Å². The van der Waals surface area contributed by atoms with E-state index in [-0.39, 0.29) is 27.5 Å². The molecular weight excluding hydrogens is 594 g/mol. The first-order chi connectivity index (χ1) is 16.1. The molecule has 34 heavy (non-hydrogen) atoms. The Hall–Kier alpha value is -3.53. The molecular formula is C22H13Br2N3O6S. The summed E-state index contributed by atoms with van der Waals surface area (Å²) in [6, 6.07) is 17.1. The second-order valence-electron chi connectivity index (χ2n) is 6.57. The molecule has 172 valence electrons. The van der Waals surface area contributed by atoms with Crippen molar-refractivity contribution in [1.82, 2.24) is 0 Å². The van der Waals surface area contributed by atoms with Gasteiger partial charge < -0.3 is 9.50 Å². The average molecular weight is 607 g/mol. The highest BCUT2D eigenvalue weighted by atomic mass is 79.9. The monoisotopic (exact) mass is 605 g/mol. The Morgan fingerprint density at radius 3 is 2.38 bits per heavy atom. The fraction of sp³-hybridized carbons (Fsp3) is 0. The Kier molecular flexibility index (Phi) is 7.83. The molecule has 0 aromatic heterocycles. The maximum atomic E-state index is 12.7. The summed E-state index contributed by atoms with van der Waals surface area (Å²) in [5.41, 5.74) is 0.00572. The first kappa shape index (κ1) is 25.1. The third-order valence-corrected chi connectivity index (χ3v) is 6.73. The van der Waals surface area contributed by atoms with Crippen molar-refractivity contribution in [2.45, 2.75) is 4.90 Å². The van der Waals surface area contributed by atoms with Gasteiger partial charge in [-0.05, 0) is 64.5 Å². The zero-order valence-electron chi connectivity index (χ0n) is 16.9. The number of nitro benzene ring substituents is 1. The van der Waals surface area contributed by atoms with Gasteiger partial charge in [-0.3, -0.25) is 14.9 Å². The molecule has 3 aromatic carbocycles. The number of nitrogens with zero attached hydrogens (tertiary/aromatic N) is 2. The van der Waals surface area contributed by atoms with Crippen molar-refractivity contribution in [2.75, 3.05) is 5.32 Å². The van der Waals surface area contributed by atoms with E-state index in [1.807, 2.05) is 0 Å². The van der Waals surface area contributed by atoms with E-state index in [1.54, 1.807) is 30.3 Å². The standard InChI is InChI=1S/C22H13Br2N3O6S/c23-16-5-10-21(33-34(31,32)18-8-6-17(7-9-18)27(29)30)14(12-16)11-15(13-25)22(28)26-20-4-2-1-3-19(20)24/h1-12H,(H,26,28)/b15-11+. The van der Waals surface area contributed by atoms with Gasteiger partial charge in [-0.15, -0.1) is 0 Å². The molecule has 0 atom stereocenters. The number of carbonyl (C=O) groups excluding carboxylic acids is 1. The highest BCUT2D eigenvalue weighted by molar-refractivity contribution is 9.10. The van der Waals surface area contributed by atoms with Gasteiger partial charge in [0.15, 0.2) is 0 Å². The van der Waals surface area contributed by atoms with Gasteiger partial charge in [0, 0.05) is 26.6 Å². The number of nitriles is 1. The number of nitro groups is 1. The molecule has 1 amide bonds. The van der Waals surface area contributed by atoms with Crippen LogP contribution in [-0.2, 0) is 14.9 Å². The van der Waals surface area contributed by atoms with Gasteiger partial charge in [0.25, 0.3) is 11.6 Å². The number of benzene rings is 3. The van der Waals surface area contributed by atoms with Gasteiger partial charge in [-0.25, -0.2) is 0 Å². The summed E-state index contributed by atoms with van der Waals surface area (Å²) in [5.74, 6) is -0.860. The molecule has 0 heterocycles. The average Bonchev–Trinajstić information content (AvgIpc) is 2.80. The van der Waals surface area contributed by atoms with Crippen molar-refractivity contribution in [3.05, 3.63) is 96.9 Å². The summed E-state index contributed by atoms with van der Waals surface area (Å²) in [5, 5.41) is 22.9. The van der Waals surface area contributed by atoms with Crippen LogP contribution in [0.1, 0.15) is 5.56 Å². The third-order valence-electron chi connectivity index (χ3n) is 4.29. The number of hydrogen-bond donors (Lipinski definition) is 1. The van der Waals surface area contributed by atoms with Crippen LogP contribution in [0.4, 0.5) is 11.4 Å².